The van der Waals surface area contributed by atoms with Crippen molar-refractivity contribution in [2.45, 2.75) is 4.90 Å². The molecule has 0 saturated heterocycles. The summed E-state index contributed by atoms with van der Waals surface area (Å²) in [6.07, 6.45) is 8.36. The van der Waals surface area contributed by atoms with E-state index >= 15 is 0 Å². The minimum Gasteiger partial charge on any atom is -0.744 e. The molecule has 192 valence electrons. The summed E-state index contributed by atoms with van der Waals surface area (Å²) in [7, 11) is 2.23. The van der Waals surface area contributed by atoms with Crippen LogP contribution in [0.15, 0.2) is 71.9 Å². The van der Waals surface area contributed by atoms with E-state index in [0.717, 1.165) is 13.2 Å². The van der Waals surface area contributed by atoms with E-state index in [-0.39, 0.29) is 0 Å². The lowest BCUT2D eigenvalue weighted by Crippen LogP contribution is -2.25. The highest BCUT2D eigenvalue weighted by atomic mass is 32.2. The van der Waals surface area contributed by atoms with Gasteiger partial charge in [-0.15, -0.1) is 0 Å². The molecular formula is C25H28N2O8S. The number of aromatic nitrogens is 1. The van der Waals surface area contributed by atoms with Gasteiger partial charge in [0, 0.05) is 39.0 Å². The van der Waals surface area contributed by atoms with Crippen LogP contribution in [0.1, 0.15) is 31.8 Å². The smallest absolute Gasteiger partial charge is 0.335 e. The SMILES string of the molecule is CN(C)c1ccc(/C=C/c2cc[n+](C)cc2)cc1.CO.O=C(O)c1cc(C(=O)O)cc(S(=O)(=O)[O-])c1. The fourth-order valence-electron chi connectivity index (χ4n) is 2.69. The third kappa shape index (κ3) is 9.66. The van der Waals surface area contributed by atoms with Crippen LogP contribution in [0.3, 0.4) is 0 Å². The lowest BCUT2D eigenvalue weighted by atomic mass is 10.1. The number of anilines is 1. The Bertz CT molecular complexity index is 1270. The molecule has 0 bridgehead atoms. The second kappa shape index (κ2) is 13.7. The zero-order chi connectivity index (χ0) is 27.5. The molecule has 3 N–H and O–H groups in total. The number of rotatable bonds is 6. The average molecular weight is 517 g/mol. The summed E-state index contributed by atoms with van der Waals surface area (Å²) < 4.78 is 34.0. The van der Waals surface area contributed by atoms with E-state index in [1.165, 1.54) is 16.8 Å². The van der Waals surface area contributed by atoms with Crippen molar-refractivity contribution in [2.24, 2.45) is 7.05 Å². The highest BCUT2D eigenvalue weighted by Gasteiger charge is 2.14. The van der Waals surface area contributed by atoms with Gasteiger partial charge in [-0.2, -0.15) is 0 Å². The van der Waals surface area contributed by atoms with Crippen LogP contribution in [0.2, 0.25) is 0 Å². The van der Waals surface area contributed by atoms with Crippen molar-refractivity contribution in [3.63, 3.8) is 0 Å². The number of aryl methyl sites for hydroxylation is 1. The monoisotopic (exact) mass is 516 g/mol. The van der Waals surface area contributed by atoms with E-state index in [4.69, 9.17) is 15.3 Å². The molecule has 0 atom stereocenters. The standard InChI is InChI=1S/C16H19N2.C8H6O7S.CH4O/c1-17(2)16-8-6-14(7-9-16)4-5-15-10-12-18(3)13-11-15;9-7(10)4-1-5(8(11)12)3-6(2-4)16(13,14)15;1-2/h4-13H,1-3H3;1-3H,(H,9,10)(H,11,12)(H,13,14,15);2H,1H3/q+1;;/p-1. The van der Waals surface area contributed by atoms with Crippen molar-refractivity contribution in [3.05, 3.63) is 89.2 Å². The molecule has 10 nitrogen and oxygen atoms in total. The molecule has 0 spiro atoms. The average Bonchev–Trinajstić information content (AvgIpc) is 2.84. The first-order valence-electron chi connectivity index (χ1n) is 10.3. The molecule has 0 saturated carbocycles. The van der Waals surface area contributed by atoms with Crippen LogP contribution in [0.5, 0.6) is 0 Å². The number of carboxylic acids is 2. The van der Waals surface area contributed by atoms with E-state index in [1.807, 2.05) is 11.6 Å². The van der Waals surface area contributed by atoms with Gasteiger partial charge in [0.25, 0.3) is 0 Å². The summed E-state index contributed by atoms with van der Waals surface area (Å²) in [5.74, 6) is -3.04. The number of aliphatic hydroxyl groups is 1. The Balaban J connectivity index is 0.000000339. The molecular weight excluding hydrogens is 488 g/mol. The van der Waals surface area contributed by atoms with Gasteiger partial charge in [-0.1, -0.05) is 24.3 Å². The Kier molecular flexibility index (Phi) is 11.4. The molecule has 2 aromatic carbocycles. The minimum absolute atomic E-state index is 0.575. The van der Waals surface area contributed by atoms with Gasteiger partial charge in [0.1, 0.15) is 17.2 Å². The fraction of sp³-hybridized carbons (Fsp3) is 0.160. The van der Waals surface area contributed by atoms with E-state index < -0.39 is 38.1 Å². The number of aromatic carboxylic acids is 2. The highest BCUT2D eigenvalue weighted by molar-refractivity contribution is 7.85. The maximum Gasteiger partial charge on any atom is 0.335 e. The largest absolute Gasteiger partial charge is 0.744 e. The maximum atomic E-state index is 10.6. The molecule has 0 amide bonds. The summed E-state index contributed by atoms with van der Waals surface area (Å²) in [5.41, 5.74) is 2.50. The lowest BCUT2D eigenvalue weighted by molar-refractivity contribution is -0.671. The van der Waals surface area contributed by atoms with Gasteiger partial charge in [-0.3, -0.25) is 0 Å². The van der Waals surface area contributed by atoms with Gasteiger partial charge in [0.05, 0.1) is 16.0 Å². The topological polar surface area (TPSA) is 159 Å². The zero-order valence-electron chi connectivity index (χ0n) is 20.2. The maximum absolute atomic E-state index is 10.6. The zero-order valence-corrected chi connectivity index (χ0v) is 21.0. The van der Waals surface area contributed by atoms with E-state index in [9.17, 15) is 22.6 Å². The molecule has 1 aromatic heterocycles. The van der Waals surface area contributed by atoms with Crippen molar-refractivity contribution in [1.29, 1.82) is 0 Å². The van der Waals surface area contributed by atoms with Crippen LogP contribution in [0.25, 0.3) is 12.2 Å². The minimum atomic E-state index is -4.89. The Morgan fingerprint density at radius 2 is 1.25 bits per heavy atom. The van der Waals surface area contributed by atoms with Gasteiger partial charge in [0.15, 0.2) is 12.4 Å². The normalized spacial score (nSPS) is 10.5. The predicted octanol–water partition coefficient (Wildman–Crippen LogP) is 2.34. The number of carboxylic acid groups (broad SMARTS) is 2. The third-order valence-electron chi connectivity index (χ3n) is 4.57. The first-order valence-corrected chi connectivity index (χ1v) is 11.7. The molecule has 0 unspecified atom stereocenters. The number of nitrogens with zero attached hydrogens (tertiary/aromatic N) is 2. The molecule has 3 rings (SSSR count). The van der Waals surface area contributed by atoms with Crippen molar-refractivity contribution >= 4 is 39.9 Å². The van der Waals surface area contributed by atoms with Crippen LogP contribution in [-0.4, -0.2) is 61.4 Å². The number of hydrogen-bond acceptors (Lipinski definition) is 7. The van der Waals surface area contributed by atoms with E-state index in [2.05, 4.69) is 79.9 Å². The van der Waals surface area contributed by atoms with Gasteiger partial charge in [-0.25, -0.2) is 22.6 Å². The number of hydrogen-bond donors (Lipinski definition) is 3. The molecule has 0 aliphatic carbocycles. The molecule has 0 aliphatic heterocycles. The second-order valence-corrected chi connectivity index (χ2v) is 8.81. The Morgan fingerprint density at radius 3 is 1.61 bits per heavy atom. The van der Waals surface area contributed by atoms with Crippen molar-refractivity contribution in [1.82, 2.24) is 0 Å². The van der Waals surface area contributed by atoms with E-state index in [0.29, 0.717) is 12.1 Å². The Hall–Kier alpha value is -4.06. The van der Waals surface area contributed by atoms with E-state index in [1.54, 1.807) is 0 Å². The van der Waals surface area contributed by atoms with Crippen LogP contribution in [0.4, 0.5) is 5.69 Å². The molecule has 0 fully saturated rings. The number of benzene rings is 2. The van der Waals surface area contributed by atoms with Crippen LogP contribution < -0.4 is 9.47 Å². The van der Waals surface area contributed by atoms with Gasteiger partial charge in [-0.05, 0) is 41.5 Å². The van der Waals surface area contributed by atoms with Crippen molar-refractivity contribution in [3.8, 4) is 0 Å². The Labute approximate surface area is 209 Å². The number of pyridine rings is 1. The van der Waals surface area contributed by atoms with Gasteiger partial charge in [0.2, 0.25) is 0 Å². The van der Waals surface area contributed by atoms with Crippen molar-refractivity contribution in [2.75, 3.05) is 26.1 Å². The molecule has 11 heteroatoms. The fourth-order valence-corrected chi connectivity index (χ4v) is 3.23. The first kappa shape index (κ1) is 30.0. The molecule has 1 heterocycles. The first-order chi connectivity index (χ1) is 16.9. The quantitative estimate of drug-likeness (QED) is 0.330. The number of carbonyl (C=O) groups is 2. The van der Waals surface area contributed by atoms with Gasteiger partial charge >= 0.3 is 11.9 Å². The summed E-state index contributed by atoms with van der Waals surface area (Å²) >= 11 is 0. The number of aliphatic hydroxyl groups excluding tert-OH is 1. The Morgan fingerprint density at radius 1 is 0.833 bits per heavy atom. The summed E-state index contributed by atoms with van der Waals surface area (Å²) in [6, 6.07) is 14.7. The lowest BCUT2D eigenvalue weighted by Gasteiger charge is -2.11. The molecule has 36 heavy (non-hydrogen) atoms. The van der Waals surface area contributed by atoms with Crippen molar-refractivity contribution < 1.29 is 42.4 Å². The third-order valence-corrected chi connectivity index (χ3v) is 5.38. The molecule has 0 aliphatic rings. The van der Waals surface area contributed by atoms with Gasteiger partial charge < -0.3 is 24.8 Å². The van der Waals surface area contributed by atoms with Crippen LogP contribution in [-0.2, 0) is 17.2 Å². The second-order valence-electron chi connectivity index (χ2n) is 7.43. The van der Waals surface area contributed by atoms with Crippen LogP contribution >= 0.6 is 0 Å². The summed E-state index contributed by atoms with van der Waals surface area (Å²) in [6.45, 7) is 0. The summed E-state index contributed by atoms with van der Waals surface area (Å²) in [5, 5.41) is 24.2. The van der Waals surface area contributed by atoms with Crippen LogP contribution in [0, 0.1) is 0 Å². The predicted molar refractivity (Wildman–Crippen MR) is 134 cm³/mol. The molecule has 0 radical (unpaired) electrons. The molecule has 3 aromatic rings. The summed E-state index contributed by atoms with van der Waals surface area (Å²) in [4.78, 5) is 22.3. The highest BCUT2D eigenvalue weighted by Crippen LogP contribution is 2.16.